The summed E-state index contributed by atoms with van der Waals surface area (Å²) >= 11 is 0. The van der Waals surface area contributed by atoms with Gasteiger partial charge in [-0.1, -0.05) is 18.2 Å². The number of nitrogen functional groups attached to an aromatic ring is 1. The maximum Gasteiger partial charge on any atom is 0.573 e. The van der Waals surface area contributed by atoms with E-state index in [-0.39, 0.29) is 18.1 Å². The van der Waals surface area contributed by atoms with Crippen molar-refractivity contribution in [3.8, 4) is 16.9 Å². The van der Waals surface area contributed by atoms with Crippen molar-refractivity contribution in [2.75, 3.05) is 5.73 Å². The van der Waals surface area contributed by atoms with Crippen LogP contribution >= 0.6 is 0 Å². The molecule has 7 nitrogen and oxygen atoms in total. The lowest BCUT2D eigenvalue weighted by atomic mass is 10.0. The predicted octanol–water partition coefficient (Wildman–Crippen LogP) is 4.95. The second-order valence-corrected chi connectivity index (χ2v) is 7.84. The minimum Gasteiger partial charge on any atom is -0.406 e. The molecule has 0 amide bonds. The van der Waals surface area contributed by atoms with Crippen LogP contribution in [0.5, 0.6) is 5.75 Å². The summed E-state index contributed by atoms with van der Waals surface area (Å²) in [4.78, 5) is 21.3. The van der Waals surface area contributed by atoms with Crippen LogP contribution in [-0.2, 0) is 13.5 Å². The second-order valence-electron chi connectivity index (χ2n) is 7.84. The molecule has 34 heavy (non-hydrogen) atoms. The molecule has 3 aromatic heterocycles. The summed E-state index contributed by atoms with van der Waals surface area (Å²) in [6, 6.07) is 12.9. The van der Waals surface area contributed by atoms with Gasteiger partial charge in [0.1, 0.15) is 23.5 Å². The van der Waals surface area contributed by atoms with Crippen molar-refractivity contribution in [3.05, 3.63) is 72.8 Å². The van der Waals surface area contributed by atoms with Crippen LogP contribution in [0, 0.1) is 0 Å². The number of alkyl halides is 3. The molecule has 10 heteroatoms. The van der Waals surface area contributed by atoms with E-state index in [0.29, 0.717) is 22.5 Å². The molecule has 2 N–H and O–H groups in total. The summed E-state index contributed by atoms with van der Waals surface area (Å²) in [5, 5.41) is 1.58. The third-order valence-corrected chi connectivity index (χ3v) is 5.54. The van der Waals surface area contributed by atoms with Crippen LogP contribution in [0.15, 0.2) is 67.3 Å². The van der Waals surface area contributed by atoms with Gasteiger partial charge in [-0.25, -0.2) is 9.97 Å². The predicted molar refractivity (Wildman–Crippen MR) is 121 cm³/mol. The number of ether oxygens (including phenoxy) is 1. The maximum absolute atomic E-state index is 12.9. The van der Waals surface area contributed by atoms with Gasteiger partial charge in [0, 0.05) is 30.4 Å². The third kappa shape index (κ3) is 3.94. The Hall–Kier alpha value is -4.34. The number of hydrogen-bond acceptors (Lipinski definition) is 5. The number of fused-ring (bicyclic) bond motifs is 2. The molecule has 0 radical (unpaired) electrons. The van der Waals surface area contributed by atoms with Crippen LogP contribution in [0.25, 0.3) is 33.1 Å². The van der Waals surface area contributed by atoms with Crippen LogP contribution in [0.1, 0.15) is 10.4 Å². The lowest BCUT2D eigenvalue weighted by molar-refractivity contribution is -0.274. The first-order valence-corrected chi connectivity index (χ1v) is 10.2. The zero-order valence-corrected chi connectivity index (χ0v) is 17.9. The average molecular weight is 465 g/mol. The summed E-state index contributed by atoms with van der Waals surface area (Å²) < 4.78 is 44.8. The van der Waals surface area contributed by atoms with Crippen molar-refractivity contribution in [2.45, 2.75) is 12.8 Å². The summed E-state index contributed by atoms with van der Waals surface area (Å²) in [6.45, 7) is 0. The molecule has 5 aromatic rings. The maximum atomic E-state index is 12.9. The lowest BCUT2D eigenvalue weighted by Crippen LogP contribution is -2.17. The molecule has 3 heterocycles. The van der Waals surface area contributed by atoms with Gasteiger partial charge >= 0.3 is 6.36 Å². The van der Waals surface area contributed by atoms with E-state index in [1.165, 1.54) is 29.1 Å². The first-order valence-electron chi connectivity index (χ1n) is 10.2. The van der Waals surface area contributed by atoms with Crippen molar-refractivity contribution in [1.29, 1.82) is 0 Å². The van der Waals surface area contributed by atoms with Crippen molar-refractivity contribution >= 4 is 33.7 Å². The standard InChI is InChI=1S/C24H18F3N5O2/c1-31-12-18(21-22(28)29-13-30-23(21)31)15-5-6-19-16(11-15)7-8-32(19)20(33)10-14-3-2-4-17(9-14)34-24(25,26)27/h2-9,11-13H,10H2,1H3,(H2,28,29,30). The fourth-order valence-corrected chi connectivity index (χ4v) is 4.09. The fourth-order valence-electron chi connectivity index (χ4n) is 4.09. The SMILES string of the molecule is Cn1cc(-c2ccc3c(ccn3C(=O)Cc3cccc(OC(F)(F)F)c3)c2)c2c(N)ncnc21. The van der Waals surface area contributed by atoms with Gasteiger partial charge in [0.05, 0.1) is 17.3 Å². The van der Waals surface area contributed by atoms with E-state index in [0.717, 1.165) is 21.9 Å². The second kappa shape index (κ2) is 7.91. The van der Waals surface area contributed by atoms with E-state index in [4.69, 9.17) is 5.73 Å². The molecule has 0 saturated carbocycles. The van der Waals surface area contributed by atoms with Gasteiger partial charge in [0.25, 0.3) is 0 Å². The van der Waals surface area contributed by atoms with Gasteiger partial charge in [-0.05, 0) is 41.5 Å². The molecule has 0 fully saturated rings. The Morgan fingerprint density at radius 3 is 2.74 bits per heavy atom. The molecule has 2 aromatic carbocycles. The van der Waals surface area contributed by atoms with E-state index >= 15 is 0 Å². The number of nitrogens with zero attached hydrogens (tertiary/aromatic N) is 4. The zero-order chi connectivity index (χ0) is 24.0. The quantitative estimate of drug-likeness (QED) is 0.406. The largest absolute Gasteiger partial charge is 0.573 e. The number of hydrogen-bond donors (Lipinski definition) is 1. The molecule has 0 aliphatic carbocycles. The minimum absolute atomic E-state index is 0.0855. The number of aryl methyl sites for hydroxylation is 1. The zero-order valence-electron chi connectivity index (χ0n) is 17.9. The van der Waals surface area contributed by atoms with Gasteiger partial charge in [-0.2, -0.15) is 0 Å². The topological polar surface area (TPSA) is 88.0 Å². The molecule has 0 spiro atoms. The highest BCUT2D eigenvalue weighted by Crippen LogP contribution is 2.34. The highest BCUT2D eigenvalue weighted by molar-refractivity contribution is 6.03. The smallest absolute Gasteiger partial charge is 0.406 e. The molecule has 0 atom stereocenters. The number of benzene rings is 2. The average Bonchev–Trinajstić information content (AvgIpc) is 3.34. The Morgan fingerprint density at radius 1 is 1.12 bits per heavy atom. The van der Waals surface area contributed by atoms with Crippen LogP contribution in [0.2, 0.25) is 0 Å². The third-order valence-electron chi connectivity index (χ3n) is 5.54. The number of anilines is 1. The van der Waals surface area contributed by atoms with E-state index in [1.54, 1.807) is 12.3 Å². The first-order chi connectivity index (χ1) is 16.2. The van der Waals surface area contributed by atoms with Crippen molar-refractivity contribution in [1.82, 2.24) is 19.1 Å². The molecule has 0 aliphatic heterocycles. The van der Waals surface area contributed by atoms with E-state index in [2.05, 4.69) is 14.7 Å². The van der Waals surface area contributed by atoms with Crippen LogP contribution in [0.3, 0.4) is 0 Å². The van der Waals surface area contributed by atoms with E-state index < -0.39 is 6.36 Å². The minimum atomic E-state index is -4.79. The summed E-state index contributed by atoms with van der Waals surface area (Å²) in [5.41, 5.74) is 9.67. The number of carbonyl (C=O) groups excluding carboxylic acids is 1. The molecule has 0 aliphatic rings. The van der Waals surface area contributed by atoms with Gasteiger partial charge in [-0.15, -0.1) is 13.2 Å². The number of aromatic nitrogens is 4. The highest BCUT2D eigenvalue weighted by Gasteiger charge is 2.31. The van der Waals surface area contributed by atoms with Crippen molar-refractivity contribution in [3.63, 3.8) is 0 Å². The van der Waals surface area contributed by atoms with Crippen molar-refractivity contribution < 1.29 is 22.7 Å². The molecule has 172 valence electrons. The van der Waals surface area contributed by atoms with Crippen molar-refractivity contribution in [2.24, 2.45) is 7.05 Å². The molecule has 0 bridgehead atoms. The summed E-state index contributed by atoms with van der Waals surface area (Å²) in [7, 11) is 1.88. The first kappa shape index (κ1) is 21.5. The number of rotatable bonds is 4. The Kier molecular flexibility index (Phi) is 5.00. The monoisotopic (exact) mass is 465 g/mol. The lowest BCUT2D eigenvalue weighted by Gasteiger charge is -2.10. The Labute approximate surface area is 191 Å². The van der Waals surface area contributed by atoms with Crippen LogP contribution < -0.4 is 10.5 Å². The Morgan fingerprint density at radius 2 is 1.94 bits per heavy atom. The number of carbonyl (C=O) groups is 1. The molecule has 5 rings (SSSR count). The molecular weight excluding hydrogens is 447 g/mol. The van der Waals surface area contributed by atoms with E-state index in [1.807, 2.05) is 42.1 Å². The van der Waals surface area contributed by atoms with Gasteiger partial charge in [-0.3, -0.25) is 9.36 Å². The van der Waals surface area contributed by atoms with Crippen LogP contribution in [-0.4, -0.2) is 31.4 Å². The van der Waals surface area contributed by atoms with Gasteiger partial charge < -0.3 is 15.0 Å². The summed E-state index contributed by atoms with van der Waals surface area (Å²) in [6.07, 6.45) is 0.110. The molecule has 0 unspecified atom stereocenters. The Balaban J connectivity index is 1.45. The molecule has 0 saturated heterocycles. The van der Waals surface area contributed by atoms with Crippen LogP contribution in [0.4, 0.5) is 19.0 Å². The summed E-state index contributed by atoms with van der Waals surface area (Å²) in [5.74, 6) is -0.266. The Bertz CT molecular complexity index is 1550. The van der Waals surface area contributed by atoms with Gasteiger partial charge in [0.15, 0.2) is 0 Å². The molecular formula is C24H18F3N5O2. The fraction of sp³-hybridized carbons (Fsp3) is 0.125. The number of halogens is 3. The normalized spacial score (nSPS) is 11.9. The highest BCUT2D eigenvalue weighted by atomic mass is 19.4. The van der Waals surface area contributed by atoms with E-state index in [9.17, 15) is 18.0 Å². The number of nitrogens with two attached hydrogens (primary N) is 1. The van der Waals surface area contributed by atoms with Gasteiger partial charge in [0.2, 0.25) is 5.91 Å².